The first kappa shape index (κ1) is 22.5. The van der Waals surface area contributed by atoms with Gasteiger partial charge in [0.25, 0.3) is 0 Å². The van der Waals surface area contributed by atoms with E-state index in [0.29, 0.717) is 17.3 Å². The molecular formula is C25H21N7O2S. The van der Waals surface area contributed by atoms with Crippen LogP contribution in [-0.4, -0.2) is 35.5 Å². The van der Waals surface area contributed by atoms with Gasteiger partial charge in [0.2, 0.25) is 5.95 Å². The van der Waals surface area contributed by atoms with E-state index in [1.165, 1.54) is 6.26 Å². The molecule has 9 nitrogen and oxygen atoms in total. The van der Waals surface area contributed by atoms with Crippen LogP contribution in [0.4, 0.5) is 11.6 Å². The first-order chi connectivity index (χ1) is 16.9. The van der Waals surface area contributed by atoms with Crippen LogP contribution in [0.5, 0.6) is 0 Å². The van der Waals surface area contributed by atoms with Crippen LogP contribution in [0.2, 0.25) is 0 Å². The summed E-state index contributed by atoms with van der Waals surface area (Å²) in [7, 11) is -3.33. The van der Waals surface area contributed by atoms with Gasteiger partial charge in [0.15, 0.2) is 21.8 Å². The monoisotopic (exact) mass is 483 g/mol. The zero-order valence-electron chi connectivity index (χ0n) is 19.0. The molecule has 4 aromatic rings. The van der Waals surface area contributed by atoms with Crippen molar-refractivity contribution in [3.8, 4) is 11.3 Å². The van der Waals surface area contributed by atoms with Crippen molar-refractivity contribution >= 4 is 27.3 Å². The minimum Gasteiger partial charge on any atom is -0.324 e. The van der Waals surface area contributed by atoms with Gasteiger partial charge in [-0.2, -0.15) is 5.11 Å². The van der Waals surface area contributed by atoms with E-state index >= 15 is 0 Å². The third-order valence-electron chi connectivity index (χ3n) is 5.45. The van der Waals surface area contributed by atoms with Crippen LogP contribution in [0.3, 0.4) is 0 Å². The molecule has 0 aliphatic carbocycles. The van der Waals surface area contributed by atoms with E-state index in [9.17, 15) is 8.42 Å². The number of azo groups is 1. The number of aryl methyl sites for hydroxylation is 1. The maximum Gasteiger partial charge on any atom is 0.227 e. The number of rotatable bonds is 6. The Labute approximate surface area is 202 Å². The lowest BCUT2D eigenvalue weighted by molar-refractivity contribution is 0.602. The van der Waals surface area contributed by atoms with E-state index < -0.39 is 16.0 Å². The lowest BCUT2D eigenvalue weighted by atomic mass is 10.1. The number of anilines is 2. The van der Waals surface area contributed by atoms with Gasteiger partial charge < -0.3 is 5.32 Å². The van der Waals surface area contributed by atoms with E-state index in [1.807, 2.05) is 43.3 Å². The average molecular weight is 484 g/mol. The van der Waals surface area contributed by atoms with E-state index in [0.717, 1.165) is 28.1 Å². The van der Waals surface area contributed by atoms with Crippen LogP contribution < -0.4 is 5.32 Å². The molecule has 0 saturated heterocycles. The van der Waals surface area contributed by atoms with Crippen molar-refractivity contribution in [1.82, 2.24) is 15.0 Å². The van der Waals surface area contributed by atoms with Crippen molar-refractivity contribution in [2.75, 3.05) is 11.6 Å². The van der Waals surface area contributed by atoms with Gasteiger partial charge in [0.1, 0.15) is 0 Å². The highest BCUT2D eigenvalue weighted by Crippen LogP contribution is 2.30. The van der Waals surface area contributed by atoms with Crippen LogP contribution in [0.15, 0.2) is 99.4 Å². The third kappa shape index (κ3) is 4.97. The summed E-state index contributed by atoms with van der Waals surface area (Å²) in [6.07, 6.45) is 5.81. The number of nitrogens with zero attached hydrogens (tertiary/aromatic N) is 6. The Balaban J connectivity index is 1.40. The Morgan fingerprint density at radius 2 is 1.80 bits per heavy atom. The van der Waals surface area contributed by atoms with Gasteiger partial charge in [-0.05, 0) is 48.9 Å². The maximum atomic E-state index is 11.9. The Morgan fingerprint density at radius 1 is 0.943 bits per heavy atom. The lowest BCUT2D eigenvalue weighted by Gasteiger charge is -2.12. The number of amidine groups is 1. The van der Waals surface area contributed by atoms with E-state index in [2.05, 4.69) is 35.5 Å². The van der Waals surface area contributed by atoms with Gasteiger partial charge in [0.05, 0.1) is 10.6 Å². The number of aromatic nitrogens is 3. The molecule has 2 aromatic carbocycles. The molecule has 35 heavy (non-hydrogen) atoms. The molecule has 0 fully saturated rings. The Hall–Kier alpha value is -4.31. The molecule has 1 atom stereocenters. The first-order valence-electron chi connectivity index (χ1n) is 10.8. The highest BCUT2D eigenvalue weighted by Gasteiger charge is 2.20. The summed E-state index contributed by atoms with van der Waals surface area (Å²) >= 11 is 0. The van der Waals surface area contributed by atoms with Crippen molar-refractivity contribution in [2.45, 2.75) is 18.0 Å². The number of hydrogen-bond acceptors (Lipinski definition) is 9. The molecule has 5 rings (SSSR count). The standard InChI is InChI=1S/C25H21N7O2S/c1-16-8-9-18(24-30-23(31-32-24)17-5-3-7-20(13-17)35(2,33)34)14-22(16)29-25-27-12-10-21(28-25)19-6-4-11-26-15-19/h3-15,24H,1-2H3,(H,27,28,29). The van der Waals surface area contributed by atoms with Crippen molar-refractivity contribution in [2.24, 2.45) is 15.2 Å². The topological polar surface area (TPSA) is 122 Å². The SMILES string of the molecule is Cc1ccc(C2N=NC(c3cccc(S(C)(=O)=O)c3)=N2)cc1Nc1nccc(-c2cccnc2)n1. The summed E-state index contributed by atoms with van der Waals surface area (Å²) in [6, 6.07) is 18.0. The Kier molecular flexibility index (Phi) is 5.87. The second-order valence-corrected chi connectivity index (χ2v) is 10.1. The zero-order chi connectivity index (χ0) is 24.4. The predicted octanol–water partition coefficient (Wildman–Crippen LogP) is 4.91. The smallest absolute Gasteiger partial charge is 0.227 e. The van der Waals surface area contributed by atoms with Crippen molar-refractivity contribution in [1.29, 1.82) is 0 Å². The molecule has 1 aliphatic heterocycles. The zero-order valence-corrected chi connectivity index (χ0v) is 19.8. The maximum absolute atomic E-state index is 11.9. The molecule has 2 aromatic heterocycles. The molecular weight excluding hydrogens is 462 g/mol. The number of sulfone groups is 1. The Bertz CT molecular complexity index is 1570. The molecule has 0 saturated carbocycles. The molecule has 3 heterocycles. The highest BCUT2D eigenvalue weighted by molar-refractivity contribution is 7.90. The second kappa shape index (κ2) is 9.15. The largest absolute Gasteiger partial charge is 0.324 e. The minimum absolute atomic E-state index is 0.215. The fraction of sp³-hybridized carbons (Fsp3) is 0.120. The van der Waals surface area contributed by atoms with E-state index in [4.69, 9.17) is 0 Å². The molecule has 174 valence electrons. The lowest BCUT2D eigenvalue weighted by Crippen LogP contribution is -2.02. The first-order valence-corrected chi connectivity index (χ1v) is 12.7. The number of hydrogen-bond donors (Lipinski definition) is 1. The molecule has 1 aliphatic rings. The molecule has 0 spiro atoms. The molecule has 0 amide bonds. The minimum atomic E-state index is -3.33. The fourth-order valence-electron chi connectivity index (χ4n) is 3.57. The number of benzene rings is 2. The molecule has 0 radical (unpaired) electrons. The number of nitrogens with one attached hydrogen (secondary N) is 1. The van der Waals surface area contributed by atoms with Crippen molar-refractivity contribution in [3.63, 3.8) is 0 Å². The van der Waals surface area contributed by atoms with Gasteiger partial charge >= 0.3 is 0 Å². The van der Waals surface area contributed by atoms with Crippen LogP contribution >= 0.6 is 0 Å². The second-order valence-electron chi connectivity index (χ2n) is 8.05. The van der Waals surface area contributed by atoms with Crippen LogP contribution in [0.25, 0.3) is 11.3 Å². The molecule has 1 N–H and O–H groups in total. The summed E-state index contributed by atoms with van der Waals surface area (Å²) in [5, 5.41) is 11.8. The van der Waals surface area contributed by atoms with Gasteiger partial charge in [0, 0.05) is 47.2 Å². The molecule has 1 unspecified atom stereocenters. The van der Waals surface area contributed by atoms with Crippen molar-refractivity contribution < 1.29 is 8.42 Å². The molecule has 10 heteroatoms. The Morgan fingerprint density at radius 3 is 2.60 bits per heavy atom. The molecule has 0 bridgehead atoms. The van der Waals surface area contributed by atoms with E-state index in [-0.39, 0.29) is 4.90 Å². The van der Waals surface area contributed by atoms with Gasteiger partial charge in [-0.1, -0.05) is 24.3 Å². The summed E-state index contributed by atoms with van der Waals surface area (Å²) < 4.78 is 23.8. The van der Waals surface area contributed by atoms with Gasteiger partial charge in [-0.3, -0.25) is 4.98 Å². The quantitative estimate of drug-likeness (QED) is 0.416. The van der Waals surface area contributed by atoms with Crippen LogP contribution in [-0.2, 0) is 9.84 Å². The summed E-state index contributed by atoms with van der Waals surface area (Å²) in [6.45, 7) is 1.98. The third-order valence-corrected chi connectivity index (χ3v) is 6.56. The van der Waals surface area contributed by atoms with Gasteiger partial charge in [-0.15, -0.1) is 5.11 Å². The summed E-state index contributed by atoms with van der Waals surface area (Å²) in [4.78, 5) is 17.9. The van der Waals surface area contributed by atoms with Crippen molar-refractivity contribution in [3.05, 3.63) is 95.9 Å². The fourth-order valence-corrected chi connectivity index (χ4v) is 4.23. The summed E-state index contributed by atoms with van der Waals surface area (Å²) in [5.74, 6) is 0.851. The van der Waals surface area contributed by atoms with E-state index in [1.54, 1.807) is 42.9 Å². The summed E-state index contributed by atoms with van der Waals surface area (Å²) in [5.41, 5.74) is 4.92. The normalized spacial score (nSPS) is 15.1. The average Bonchev–Trinajstić information content (AvgIpc) is 3.36. The predicted molar refractivity (Wildman–Crippen MR) is 133 cm³/mol. The van der Waals surface area contributed by atoms with Gasteiger partial charge in [-0.25, -0.2) is 23.4 Å². The number of pyridine rings is 1. The van der Waals surface area contributed by atoms with Crippen LogP contribution in [0, 0.1) is 6.92 Å². The van der Waals surface area contributed by atoms with Crippen LogP contribution in [0.1, 0.15) is 22.9 Å². The highest BCUT2D eigenvalue weighted by atomic mass is 32.2. The number of aliphatic imine (C=N–C) groups is 1.